The number of hydrogen-bond donors (Lipinski definition) is 0. The second kappa shape index (κ2) is 4.77. The minimum absolute atomic E-state index is 0.824. The second-order valence-electron chi connectivity index (χ2n) is 4.65. The van der Waals surface area contributed by atoms with Crippen LogP contribution in [0.2, 0.25) is 17.4 Å². The van der Waals surface area contributed by atoms with Crippen molar-refractivity contribution in [1.29, 1.82) is 0 Å². The van der Waals surface area contributed by atoms with E-state index in [0.29, 0.717) is 0 Å². The van der Waals surface area contributed by atoms with Crippen molar-refractivity contribution < 1.29 is 0 Å². The molecule has 1 aromatic heterocycles. The molecular weight excluding hydrogens is 248 g/mol. The average molecular weight is 264 g/mol. The lowest BCUT2D eigenvalue weighted by atomic mass is 10.2. The summed E-state index contributed by atoms with van der Waals surface area (Å²) in [6, 6.07) is 8.69. The van der Waals surface area contributed by atoms with Gasteiger partial charge in [-0.05, 0) is 16.0 Å². The number of aromatic nitrogens is 1. The van der Waals surface area contributed by atoms with E-state index in [-0.39, 0.29) is 0 Å². The molecule has 0 spiro atoms. The van der Waals surface area contributed by atoms with E-state index in [9.17, 15) is 0 Å². The standard InChI is InChI=1S/C9H7N.3CH3.2Al.ClH/c1-10-7-6-8-4-2-3-5-9(8)10;;;;;;/h2-5H,1H3;3*1H3;;;1H/q;;;;;+1;/p-1. The largest absolute Gasteiger partial charge is 0.453 e. The van der Waals surface area contributed by atoms with Crippen LogP contribution in [-0.2, 0) is 7.05 Å². The van der Waals surface area contributed by atoms with Crippen LogP contribution < -0.4 is 8.98 Å². The van der Waals surface area contributed by atoms with Crippen molar-refractivity contribution in [3.63, 3.8) is 0 Å². The van der Waals surface area contributed by atoms with Crippen molar-refractivity contribution in [2.24, 2.45) is 7.05 Å². The Balaban J connectivity index is 2.86. The van der Waals surface area contributed by atoms with Gasteiger partial charge in [-0.2, -0.15) is 0 Å². The molecule has 16 heavy (non-hydrogen) atoms. The molecule has 0 fully saturated rings. The molecule has 0 saturated heterocycles. The first-order valence-electron chi connectivity index (χ1n) is 5.75. The lowest BCUT2D eigenvalue weighted by molar-refractivity contribution is 1.00. The Hall–Kier alpha value is 0.115. The highest BCUT2D eigenvalue weighted by Crippen LogP contribution is 2.13. The zero-order valence-electron chi connectivity index (χ0n) is 10.3. The molecule has 4 heteroatoms. The van der Waals surface area contributed by atoms with E-state index in [1.54, 1.807) is 4.43 Å². The Morgan fingerprint density at radius 2 is 1.75 bits per heavy atom. The molecule has 1 heterocycles. The van der Waals surface area contributed by atoms with Crippen LogP contribution in [0, 0.1) is 0 Å². The third-order valence-corrected chi connectivity index (χ3v) is 7.31. The summed E-state index contributed by atoms with van der Waals surface area (Å²) in [7, 11) is 8.63. The van der Waals surface area contributed by atoms with Gasteiger partial charge in [0.15, 0.2) is 0 Å². The normalized spacial score (nSPS) is 10.8. The molecule has 0 radical (unpaired) electrons. The van der Waals surface area contributed by atoms with Crippen molar-refractivity contribution in [2.45, 2.75) is 17.4 Å². The minimum atomic E-state index is -1.27. The highest BCUT2D eigenvalue weighted by atomic mass is 35.6. The summed E-state index contributed by atoms with van der Waals surface area (Å²) >= 11 is -2.09. The maximum absolute atomic E-state index is 6.47. The van der Waals surface area contributed by atoms with Crippen LogP contribution in [0.5, 0.6) is 0 Å². The van der Waals surface area contributed by atoms with E-state index in [4.69, 9.17) is 10.0 Å². The van der Waals surface area contributed by atoms with Gasteiger partial charge in [0, 0.05) is 12.6 Å². The maximum atomic E-state index is 6.47. The van der Waals surface area contributed by atoms with Crippen molar-refractivity contribution in [1.82, 2.24) is 4.57 Å². The van der Waals surface area contributed by atoms with Gasteiger partial charge in [-0.1, -0.05) is 28.4 Å². The molecule has 2 aromatic rings. The van der Waals surface area contributed by atoms with Crippen molar-refractivity contribution >= 4 is 57.3 Å². The van der Waals surface area contributed by atoms with Crippen LogP contribution in [0.4, 0.5) is 0 Å². The first-order valence-corrected chi connectivity index (χ1v) is 12.1. The van der Waals surface area contributed by atoms with Gasteiger partial charge in [0.2, 0.25) is 0 Å². The Labute approximate surface area is 110 Å². The molecule has 0 unspecified atom stereocenters. The van der Waals surface area contributed by atoms with Crippen LogP contribution in [0.15, 0.2) is 24.3 Å². The van der Waals surface area contributed by atoms with Crippen LogP contribution in [0.25, 0.3) is 10.9 Å². The molecule has 2 rings (SSSR count). The van der Waals surface area contributed by atoms with Crippen molar-refractivity contribution in [3.05, 3.63) is 24.3 Å². The number of halogens is 1. The summed E-state index contributed by atoms with van der Waals surface area (Å²) in [5.74, 6) is 6.98. The quantitative estimate of drug-likeness (QED) is 0.732. The van der Waals surface area contributed by atoms with E-state index in [0.717, 1.165) is 0 Å². The minimum Gasteiger partial charge on any atom is -0.363 e. The van der Waals surface area contributed by atoms with Crippen LogP contribution in [0.1, 0.15) is 0 Å². The topological polar surface area (TPSA) is 4.93 Å². The maximum Gasteiger partial charge on any atom is 0.453 e. The summed E-state index contributed by atoms with van der Waals surface area (Å²) < 4.78 is 5.36. The predicted molar refractivity (Wildman–Crippen MR) is 77.1 cm³/mol. The fourth-order valence-electron chi connectivity index (χ4n) is 2.53. The third-order valence-electron chi connectivity index (χ3n) is 3.15. The van der Waals surface area contributed by atoms with E-state index in [1.807, 2.05) is 0 Å². The van der Waals surface area contributed by atoms with E-state index in [1.165, 1.54) is 15.5 Å². The fourth-order valence-corrected chi connectivity index (χ4v) is 8.30. The van der Waals surface area contributed by atoms with Crippen molar-refractivity contribution in [3.8, 4) is 0 Å². The average Bonchev–Trinajstić information content (AvgIpc) is 2.53. The zero-order chi connectivity index (χ0) is 11.9. The number of aryl methyl sites for hydroxylation is 1. The molecule has 0 aliphatic heterocycles. The van der Waals surface area contributed by atoms with E-state index < -0.39 is 27.4 Å². The lowest BCUT2D eigenvalue weighted by Gasteiger charge is -2.08. The molecule has 82 valence electrons. The number of nitrogens with zero attached hydrogens (tertiary/aromatic N) is 1. The lowest BCUT2D eigenvalue weighted by Crippen LogP contribution is -2.45. The van der Waals surface area contributed by atoms with E-state index in [2.05, 4.69) is 53.2 Å². The molecule has 0 aliphatic rings. The number of hydrogen-bond acceptors (Lipinski definition) is 0. The molecule has 0 bridgehead atoms. The van der Waals surface area contributed by atoms with Crippen LogP contribution in [-0.4, -0.2) is 31.9 Å². The predicted octanol–water partition coefficient (Wildman–Crippen LogP) is 2.21. The monoisotopic (exact) mass is 263 g/mol. The zero-order valence-corrected chi connectivity index (χ0v) is 13.4. The number of benzene rings is 1. The van der Waals surface area contributed by atoms with Gasteiger partial charge in [-0.25, -0.2) is 0 Å². The summed E-state index contributed by atoms with van der Waals surface area (Å²) in [5.41, 5.74) is 1.34. The highest BCUT2D eigenvalue weighted by molar-refractivity contribution is 7.15. The van der Waals surface area contributed by atoms with Gasteiger partial charge in [0.25, 0.3) is 0 Å². The molecule has 0 atom stereocenters. The first-order chi connectivity index (χ1) is 7.54. The Morgan fingerprint density at radius 1 is 1.12 bits per heavy atom. The molecule has 0 N–H and O–H groups in total. The van der Waals surface area contributed by atoms with E-state index >= 15 is 0 Å². The molecule has 0 aliphatic carbocycles. The van der Waals surface area contributed by atoms with Crippen LogP contribution >= 0.6 is 10.0 Å². The van der Waals surface area contributed by atoms with Crippen LogP contribution in [0.3, 0.4) is 0 Å². The van der Waals surface area contributed by atoms with Gasteiger partial charge in [-0.3, -0.25) is 10.0 Å². The molecular formula is C12H16Al2ClN. The highest BCUT2D eigenvalue weighted by Gasteiger charge is 2.25. The fraction of sp³-hybridized carbons (Fsp3) is 0.333. The van der Waals surface area contributed by atoms with Gasteiger partial charge >= 0.3 is 27.4 Å². The molecule has 1 nitrogen and oxygen atoms in total. The van der Waals surface area contributed by atoms with Gasteiger partial charge in [-0.15, -0.1) is 11.6 Å². The van der Waals surface area contributed by atoms with Crippen molar-refractivity contribution in [2.75, 3.05) is 0 Å². The van der Waals surface area contributed by atoms with Gasteiger partial charge in [0.05, 0.1) is 0 Å². The SMILES string of the molecule is Cn1[c]([Al]([CH3])[Cl])[c]([Al]([CH3])[CH3])c2ccccc21. The second-order valence-corrected chi connectivity index (χ2v) is 11.3. The smallest absolute Gasteiger partial charge is 0.363 e. The summed E-state index contributed by atoms with van der Waals surface area (Å²) in [5, 5.41) is 1.43. The number of rotatable bonds is 2. The summed E-state index contributed by atoms with van der Waals surface area (Å²) in [6.07, 6.45) is 0. The van der Waals surface area contributed by atoms with Gasteiger partial charge < -0.3 is 4.57 Å². The first kappa shape index (κ1) is 12.6. The summed E-state index contributed by atoms with van der Waals surface area (Å²) in [4.78, 5) is 0. The third kappa shape index (κ3) is 1.97. The molecule has 0 saturated carbocycles. The molecule has 0 amide bonds. The van der Waals surface area contributed by atoms with Gasteiger partial charge in [0.1, 0.15) is 0 Å². The molecule has 1 aromatic carbocycles. The number of fused-ring (bicyclic) bond motifs is 1. The summed E-state index contributed by atoms with van der Waals surface area (Å²) in [6.45, 7) is 0. The Bertz CT molecular complexity index is 517. The number of para-hydroxylation sites is 1. The Kier molecular flexibility index (Phi) is 3.75. The Morgan fingerprint density at radius 3 is 2.31 bits per heavy atom.